The van der Waals surface area contributed by atoms with Crippen molar-refractivity contribution >= 4 is 11.6 Å². The van der Waals surface area contributed by atoms with E-state index >= 15 is 0 Å². The second-order valence-corrected chi connectivity index (χ2v) is 10.9. The molecule has 2 N–H and O–H groups in total. The van der Waals surface area contributed by atoms with Crippen LogP contribution in [0.1, 0.15) is 88.0 Å². The Labute approximate surface area is 206 Å². The second kappa shape index (κ2) is 13.2. The van der Waals surface area contributed by atoms with Gasteiger partial charge in [-0.3, -0.25) is 4.79 Å². The molecule has 34 heavy (non-hydrogen) atoms. The van der Waals surface area contributed by atoms with Crippen LogP contribution in [-0.2, 0) is 12.8 Å². The number of fused-ring (bicyclic) bond motifs is 1. The number of imidazole rings is 1. The number of aryl methyl sites for hydroxylation is 2. The summed E-state index contributed by atoms with van der Waals surface area (Å²) < 4.78 is 2.19. The third kappa shape index (κ3) is 7.54. The van der Waals surface area contributed by atoms with Crippen molar-refractivity contribution in [2.75, 3.05) is 39.3 Å². The van der Waals surface area contributed by atoms with Gasteiger partial charge in [0.05, 0.1) is 11.3 Å². The monoisotopic (exact) mass is 469 g/mol. The van der Waals surface area contributed by atoms with E-state index in [-0.39, 0.29) is 5.91 Å². The normalized spacial score (nSPS) is 14.7. The third-order valence-corrected chi connectivity index (χ3v) is 6.99. The van der Waals surface area contributed by atoms with Crippen LogP contribution in [0.3, 0.4) is 0 Å². The van der Waals surface area contributed by atoms with E-state index in [1.54, 1.807) is 0 Å². The highest BCUT2D eigenvalue weighted by Gasteiger charge is 2.20. The second-order valence-electron chi connectivity index (χ2n) is 10.9. The molecule has 1 fully saturated rings. The molecule has 0 unspecified atom stereocenters. The molecule has 0 saturated carbocycles. The lowest BCUT2D eigenvalue weighted by Gasteiger charge is -2.24. The Morgan fingerprint density at radius 1 is 1.03 bits per heavy atom. The van der Waals surface area contributed by atoms with Crippen molar-refractivity contribution in [3.63, 3.8) is 0 Å². The highest BCUT2D eigenvalue weighted by molar-refractivity contribution is 5.94. The predicted molar refractivity (Wildman–Crippen MR) is 141 cm³/mol. The van der Waals surface area contributed by atoms with E-state index in [4.69, 9.17) is 10.7 Å². The van der Waals surface area contributed by atoms with Crippen molar-refractivity contribution in [2.24, 2.45) is 17.6 Å². The maximum Gasteiger partial charge on any atom is 0.255 e. The minimum Gasteiger partial charge on any atom is -0.339 e. The third-order valence-electron chi connectivity index (χ3n) is 6.99. The average Bonchev–Trinajstić information content (AvgIpc) is 3.44. The molecule has 0 aromatic carbocycles. The Morgan fingerprint density at radius 3 is 2.32 bits per heavy atom. The molecular formula is C28H47N5O. The Balaban J connectivity index is 1.82. The van der Waals surface area contributed by atoms with Crippen molar-refractivity contribution in [3.05, 3.63) is 35.3 Å². The molecule has 3 rings (SSSR count). The average molecular weight is 470 g/mol. The summed E-state index contributed by atoms with van der Waals surface area (Å²) in [5, 5.41) is 0. The number of nitrogens with zero attached hydrogens (tertiary/aromatic N) is 4. The molecule has 6 heteroatoms. The molecule has 0 atom stereocenters. The zero-order valence-electron chi connectivity index (χ0n) is 22.1. The number of carbonyl (C=O) groups is 1. The predicted octanol–water partition coefficient (Wildman–Crippen LogP) is 4.79. The van der Waals surface area contributed by atoms with Gasteiger partial charge in [-0.2, -0.15) is 0 Å². The van der Waals surface area contributed by atoms with E-state index < -0.39 is 0 Å². The lowest BCUT2D eigenvalue weighted by Crippen LogP contribution is -2.34. The fourth-order valence-electron chi connectivity index (χ4n) is 4.80. The summed E-state index contributed by atoms with van der Waals surface area (Å²) >= 11 is 0. The van der Waals surface area contributed by atoms with Crippen molar-refractivity contribution in [3.8, 4) is 0 Å². The van der Waals surface area contributed by atoms with Crippen LogP contribution in [0.25, 0.3) is 5.65 Å². The first-order valence-corrected chi connectivity index (χ1v) is 13.6. The van der Waals surface area contributed by atoms with Gasteiger partial charge in [0.15, 0.2) is 0 Å². The van der Waals surface area contributed by atoms with Gasteiger partial charge in [0.2, 0.25) is 0 Å². The van der Waals surface area contributed by atoms with E-state index in [0.717, 1.165) is 75.1 Å². The molecular weight excluding hydrogens is 422 g/mol. The van der Waals surface area contributed by atoms with Crippen LogP contribution < -0.4 is 5.73 Å². The van der Waals surface area contributed by atoms with Crippen LogP contribution in [0, 0.1) is 11.8 Å². The number of pyridine rings is 1. The lowest BCUT2D eigenvalue weighted by molar-refractivity contribution is 0.0740. The number of carbonyl (C=O) groups excluding carboxylic acids is 1. The molecule has 3 heterocycles. The Kier molecular flexibility index (Phi) is 10.4. The minimum atomic E-state index is 0.142. The first kappa shape index (κ1) is 26.7. The van der Waals surface area contributed by atoms with Gasteiger partial charge >= 0.3 is 0 Å². The van der Waals surface area contributed by atoms with Gasteiger partial charge < -0.3 is 19.9 Å². The summed E-state index contributed by atoms with van der Waals surface area (Å²) in [5.41, 5.74) is 9.92. The van der Waals surface area contributed by atoms with E-state index in [1.807, 2.05) is 18.3 Å². The first-order valence-electron chi connectivity index (χ1n) is 13.6. The highest BCUT2D eigenvalue weighted by atomic mass is 16.2. The quantitative estimate of drug-likeness (QED) is 0.432. The van der Waals surface area contributed by atoms with Gasteiger partial charge in [-0.05, 0) is 102 Å². The summed E-state index contributed by atoms with van der Waals surface area (Å²) in [4.78, 5) is 23.1. The number of aromatic nitrogens is 2. The van der Waals surface area contributed by atoms with Crippen LogP contribution in [0.2, 0.25) is 0 Å². The zero-order valence-corrected chi connectivity index (χ0v) is 22.1. The Bertz CT molecular complexity index is 886. The first-order chi connectivity index (χ1) is 16.4. The number of amides is 1. The molecule has 2 aromatic rings. The molecule has 1 aliphatic heterocycles. The number of likely N-dealkylation sites (tertiary alicyclic amines) is 1. The molecule has 6 nitrogen and oxygen atoms in total. The van der Waals surface area contributed by atoms with Gasteiger partial charge in [0.25, 0.3) is 5.91 Å². The highest BCUT2D eigenvalue weighted by Crippen LogP contribution is 2.20. The fourth-order valence-corrected chi connectivity index (χ4v) is 4.80. The summed E-state index contributed by atoms with van der Waals surface area (Å²) in [7, 11) is 0. The van der Waals surface area contributed by atoms with Gasteiger partial charge in [0.1, 0.15) is 5.65 Å². The molecule has 0 bridgehead atoms. The van der Waals surface area contributed by atoms with Crippen molar-refractivity contribution in [1.82, 2.24) is 19.2 Å². The van der Waals surface area contributed by atoms with Crippen LogP contribution in [0.4, 0.5) is 0 Å². The van der Waals surface area contributed by atoms with E-state index in [1.165, 1.54) is 31.6 Å². The van der Waals surface area contributed by atoms with Gasteiger partial charge in [-0.15, -0.1) is 0 Å². The van der Waals surface area contributed by atoms with Crippen LogP contribution in [0.15, 0.2) is 18.3 Å². The van der Waals surface area contributed by atoms with Crippen LogP contribution in [0.5, 0.6) is 0 Å². The summed E-state index contributed by atoms with van der Waals surface area (Å²) in [6.07, 6.45) is 10.7. The van der Waals surface area contributed by atoms with Gasteiger partial charge in [-0.25, -0.2) is 4.98 Å². The molecule has 0 radical (unpaired) electrons. The molecule has 0 spiro atoms. The summed E-state index contributed by atoms with van der Waals surface area (Å²) in [6, 6.07) is 3.98. The summed E-state index contributed by atoms with van der Waals surface area (Å²) in [6.45, 7) is 14.8. The molecule has 2 aromatic heterocycles. The standard InChI is InChI=1S/C28H47N5O/c1-22(2)13-19-32(20-14-23(3)4)28(34)24-11-12-27-30-25(9-7-15-29)26(33(27)21-24)10-8-18-31-16-5-6-17-31/h11-12,21-23H,5-10,13-20,29H2,1-4H3. The molecule has 190 valence electrons. The van der Waals surface area contributed by atoms with E-state index in [0.29, 0.717) is 18.4 Å². The molecule has 0 aliphatic carbocycles. The number of rotatable bonds is 14. The topological polar surface area (TPSA) is 66.9 Å². The maximum atomic E-state index is 13.6. The molecule has 1 aliphatic rings. The maximum absolute atomic E-state index is 13.6. The Hall–Kier alpha value is -1.92. The zero-order chi connectivity index (χ0) is 24.5. The lowest BCUT2D eigenvalue weighted by atomic mass is 10.1. The smallest absolute Gasteiger partial charge is 0.255 e. The largest absolute Gasteiger partial charge is 0.339 e. The Morgan fingerprint density at radius 2 is 1.71 bits per heavy atom. The molecule has 1 amide bonds. The van der Waals surface area contributed by atoms with Crippen molar-refractivity contribution in [2.45, 2.75) is 79.1 Å². The summed E-state index contributed by atoms with van der Waals surface area (Å²) in [5.74, 6) is 1.30. The number of hydrogen-bond acceptors (Lipinski definition) is 4. The van der Waals surface area contributed by atoms with E-state index in [9.17, 15) is 4.79 Å². The van der Waals surface area contributed by atoms with Gasteiger partial charge in [0, 0.05) is 25.0 Å². The number of nitrogens with two attached hydrogens (primary N) is 1. The number of hydrogen-bond donors (Lipinski definition) is 1. The van der Waals surface area contributed by atoms with Crippen LogP contribution >= 0.6 is 0 Å². The fraction of sp³-hybridized carbons (Fsp3) is 0.714. The SMILES string of the molecule is CC(C)CCN(CCC(C)C)C(=O)c1ccc2nc(CCCN)c(CCCN3CCCC3)n2c1. The minimum absolute atomic E-state index is 0.142. The van der Waals surface area contributed by atoms with E-state index in [2.05, 4.69) is 41.9 Å². The molecule has 1 saturated heterocycles. The van der Waals surface area contributed by atoms with Crippen LogP contribution in [-0.4, -0.2) is 64.4 Å². The van der Waals surface area contributed by atoms with Crippen molar-refractivity contribution < 1.29 is 4.79 Å². The van der Waals surface area contributed by atoms with Gasteiger partial charge in [-0.1, -0.05) is 27.7 Å². The van der Waals surface area contributed by atoms with Crippen molar-refractivity contribution in [1.29, 1.82) is 0 Å².